The van der Waals surface area contributed by atoms with Crippen molar-refractivity contribution in [3.05, 3.63) is 46.6 Å². The van der Waals surface area contributed by atoms with E-state index in [-0.39, 0.29) is 5.91 Å². The highest BCUT2D eigenvalue weighted by Crippen LogP contribution is 2.30. The molecule has 1 aliphatic rings. The molecule has 0 fully saturated rings. The minimum Gasteiger partial charge on any atom is -0.486 e. The molecule has 0 spiro atoms. The number of amides is 1. The van der Waals surface area contributed by atoms with E-state index in [0.717, 1.165) is 0 Å². The predicted molar refractivity (Wildman–Crippen MR) is 79.4 cm³/mol. The van der Waals surface area contributed by atoms with E-state index in [4.69, 9.17) is 21.1 Å². The first-order chi connectivity index (χ1) is 10.1. The quantitative estimate of drug-likeness (QED) is 0.926. The van der Waals surface area contributed by atoms with Gasteiger partial charge in [0.25, 0.3) is 5.91 Å². The molecule has 1 aromatic carbocycles. The van der Waals surface area contributed by atoms with E-state index >= 15 is 0 Å². The first kappa shape index (κ1) is 13.7. The molecule has 2 heterocycles. The largest absolute Gasteiger partial charge is 0.486 e. The van der Waals surface area contributed by atoms with Gasteiger partial charge in [-0.25, -0.2) is 4.98 Å². The van der Waals surface area contributed by atoms with Crippen molar-refractivity contribution in [1.29, 1.82) is 0 Å². The summed E-state index contributed by atoms with van der Waals surface area (Å²) in [6.07, 6.45) is 0. The van der Waals surface area contributed by atoms with Gasteiger partial charge >= 0.3 is 0 Å². The van der Waals surface area contributed by atoms with Gasteiger partial charge in [0.2, 0.25) is 0 Å². The first-order valence-electron chi connectivity index (χ1n) is 6.47. The molecule has 6 heteroatoms. The maximum absolute atomic E-state index is 12.2. The van der Waals surface area contributed by atoms with Crippen LogP contribution in [0.5, 0.6) is 11.5 Å². The van der Waals surface area contributed by atoms with E-state index in [0.29, 0.717) is 46.8 Å². The third-order valence-electron chi connectivity index (χ3n) is 3.07. The van der Waals surface area contributed by atoms with Gasteiger partial charge in [-0.3, -0.25) is 4.79 Å². The van der Waals surface area contributed by atoms with Gasteiger partial charge in [0.05, 0.1) is 10.7 Å². The number of hydrogen-bond acceptors (Lipinski definition) is 4. The van der Waals surface area contributed by atoms with Crippen LogP contribution in [0.25, 0.3) is 0 Å². The zero-order valence-corrected chi connectivity index (χ0v) is 12.1. The fraction of sp³-hybridized carbons (Fsp3) is 0.200. The molecule has 108 valence electrons. The van der Waals surface area contributed by atoms with E-state index in [1.54, 1.807) is 37.3 Å². The second kappa shape index (κ2) is 5.61. The Hall–Kier alpha value is -2.27. The van der Waals surface area contributed by atoms with Crippen LogP contribution in [0, 0.1) is 6.92 Å². The van der Waals surface area contributed by atoms with Gasteiger partial charge in [-0.05, 0) is 37.3 Å². The summed E-state index contributed by atoms with van der Waals surface area (Å²) in [6.45, 7) is 2.78. The van der Waals surface area contributed by atoms with Crippen molar-refractivity contribution in [2.75, 3.05) is 18.5 Å². The number of pyridine rings is 1. The van der Waals surface area contributed by atoms with Crippen LogP contribution in [0.3, 0.4) is 0 Å². The molecule has 5 nitrogen and oxygen atoms in total. The molecule has 1 aliphatic heterocycles. The van der Waals surface area contributed by atoms with E-state index in [2.05, 4.69) is 10.3 Å². The Morgan fingerprint density at radius 2 is 1.95 bits per heavy atom. The Balaban J connectivity index is 1.80. The molecule has 0 radical (unpaired) electrons. The summed E-state index contributed by atoms with van der Waals surface area (Å²) in [7, 11) is 0. The second-order valence-electron chi connectivity index (χ2n) is 4.58. The maximum atomic E-state index is 12.2. The van der Waals surface area contributed by atoms with Crippen LogP contribution in [0.4, 0.5) is 5.82 Å². The highest BCUT2D eigenvalue weighted by molar-refractivity contribution is 6.31. The Labute approximate surface area is 126 Å². The molecule has 0 atom stereocenters. The third-order valence-corrected chi connectivity index (χ3v) is 3.47. The molecule has 2 aromatic rings. The molecule has 0 unspecified atom stereocenters. The fourth-order valence-electron chi connectivity index (χ4n) is 1.99. The molecule has 1 aromatic heterocycles. The van der Waals surface area contributed by atoms with Crippen LogP contribution in [0.2, 0.25) is 5.02 Å². The van der Waals surface area contributed by atoms with Crippen molar-refractivity contribution in [3.63, 3.8) is 0 Å². The summed E-state index contributed by atoms with van der Waals surface area (Å²) in [5, 5.41) is 3.29. The van der Waals surface area contributed by atoms with Crippen LogP contribution in [0.1, 0.15) is 16.1 Å². The van der Waals surface area contributed by atoms with Gasteiger partial charge in [0.1, 0.15) is 19.0 Å². The van der Waals surface area contributed by atoms with Crippen molar-refractivity contribution < 1.29 is 14.3 Å². The number of carbonyl (C=O) groups is 1. The van der Waals surface area contributed by atoms with E-state index in [1.807, 2.05) is 0 Å². The average molecular weight is 305 g/mol. The van der Waals surface area contributed by atoms with E-state index in [9.17, 15) is 4.79 Å². The van der Waals surface area contributed by atoms with Crippen molar-refractivity contribution in [2.45, 2.75) is 6.92 Å². The first-order valence-corrected chi connectivity index (χ1v) is 6.85. The Kier molecular flexibility index (Phi) is 3.66. The molecular weight excluding hydrogens is 292 g/mol. The number of rotatable bonds is 2. The minimum atomic E-state index is -0.263. The van der Waals surface area contributed by atoms with E-state index < -0.39 is 0 Å². The number of aromatic nitrogens is 1. The molecular formula is C15H13ClN2O3. The molecule has 0 saturated carbocycles. The number of aryl methyl sites for hydroxylation is 1. The van der Waals surface area contributed by atoms with Gasteiger partial charge in [0, 0.05) is 5.56 Å². The third kappa shape index (κ3) is 2.92. The van der Waals surface area contributed by atoms with Gasteiger partial charge < -0.3 is 14.8 Å². The Bertz CT molecular complexity index is 703. The number of hydrogen-bond donors (Lipinski definition) is 1. The van der Waals surface area contributed by atoms with Crippen LogP contribution in [-0.4, -0.2) is 24.1 Å². The number of anilines is 1. The van der Waals surface area contributed by atoms with Crippen molar-refractivity contribution in [1.82, 2.24) is 4.98 Å². The van der Waals surface area contributed by atoms with Crippen molar-refractivity contribution in [2.24, 2.45) is 0 Å². The van der Waals surface area contributed by atoms with Crippen LogP contribution in [-0.2, 0) is 0 Å². The Morgan fingerprint density at radius 3 is 2.71 bits per heavy atom. The molecule has 0 aliphatic carbocycles. The molecule has 0 saturated heterocycles. The average Bonchev–Trinajstić information content (AvgIpc) is 2.50. The molecule has 1 N–H and O–H groups in total. The standard InChI is InChI=1S/C15H13ClN2O3/c1-9-11(16)3-5-14(17-9)18-15(19)10-2-4-12-13(8-10)21-7-6-20-12/h2-5,8H,6-7H2,1H3,(H,17,18,19). The Morgan fingerprint density at radius 1 is 1.19 bits per heavy atom. The molecule has 21 heavy (non-hydrogen) atoms. The lowest BCUT2D eigenvalue weighted by atomic mass is 10.2. The van der Waals surface area contributed by atoms with Crippen LogP contribution >= 0.6 is 11.6 Å². The lowest BCUT2D eigenvalue weighted by Crippen LogP contribution is -2.17. The summed E-state index contributed by atoms with van der Waals surface area (Å²) < 4.78 is 10.9. The van der Waals surface area contributed by atoms with Gasteiger partial charge in [-0.1, -0.05) is 11.6 Å². The summed E-state index contributed by atoms with van der Waals surface area (Å²) in [5.41, 5.74) is 1.14. The summed E-state index contributed by atoms with van der Waals surface area (Å²) >= 11 is 5.91. The number of fused-ring (bicyclic) bond motifs is 1. The van der Waals surface area contributed by atoms with Gasteiger partial charge in [-0.15, -0.1) is 0 Å². The van der Waals surface area contributed by atoms with Crippen LogP contribution in [0.15, 0.2) is 30.3 Å². The molecule has 0 bridgehead atoms. The summed E-state index contributed by atoms with van der Waals surface area (Å²) in [6, 6.07) is 8.43. The number of ether oxygens (including phenoxy) is 2. The highest BCUT2D eigenvalue weighted by atomic mass is 35.5. The number of nitrogens with zero attached hydrogens (tertiary/aromatic N) is 1. The second-order valence-corrected chi connectivity index (χ2v) is 4.98. The lowest BCUT2D eigenvalue weighted by molar-refractivity contribution is 0.102. The van der Waals surface area contributed by atoms with Gasteiger partial charge in [-0.2, -0.15) is 0 Å². The highest BCUT2D eigenvalue weighted by Gasteiger charge is 2.15. The maximum Gasteiger partial charge on any atom is 0.256 e. The summed E-state index contributed by atoms with van der Waals surface area (Å²) in [5.74, 6) is 1.42. The minimum absolute atomic E-state index is 0.263. The molecule has 1 amide bonds. The topological polar surface area (TPSA) is 60.5 Å². The lowest BCUT2D eigenvalue weighted by Gasteiger charge is -2.18. The summed E-state index contributed by atoms with van der Waals surface area (Å²) in [4.78, 5) is 16.4. The van der Waals surface area contributed by atoms with Crippen molar-refractivity contribution in [3.8, 4) is 11.5 Å². The zero-order valence-electron chi connectivity index (χ0n) is 11.4. The number of halogens is 1. The monoisotopic (exact) mass is 304 g/mol. The fourth-order valence-corrected chi connectivity index (χ4v) is 2.09. The number of carbonyl (C=O) groups excluding carboxylic acids is 1. The molecule has 3 rings (SSSR count). The van der Waals surface area contributed by atoms with Crippen LogP contribution < -0.4 is 14.8 Å². The smallest absolute Gasteiger partial charge is 0.256 e. The van der Waals surface area contributed by atoms with Crippen molar-refractivity contribution >= 4 is 23.3 Å². The zero-order chi connectivity index (χ0) is 14.8. The SMILES string of the molecule is Cc1nc(NC(=O)c2ccc3c(c2)OCCO3)ccc1Cl. The number of nitrogens with one attached hydrogen (secondary N) is 1. The van der Waals surface area contributed by atoms with E-state index in [1.165, 1.54) is 0 Å². The van der Waals surface area contributed by atoms with Gasteiger partial charge in [0.15, 0.2) is 11.5 Å². The number of benzene rings is 1. The predicted octanol–water partition coefficient (Wildman–Crippen LogP) is 3.07. The normalized spacial score (nSPS) is 12.9.